The quantitative estimate of drug-likeness (QED) is 0.766. The molecule has 1 aromatic rings. The van der Waals surface area contributed by atoms with Gasteiger partial charge in [-0.15, -0.1) is 11.6 Å². The largest absolute Gasteiger partial charge is 0.264 e. The monoisotopic (exact) mass is 276 g/mol. The minimum Gasteiger partial charge on any atom is -0.264 e. The number of hydrogen-bond donors (Lipinski definition) is 1. The van der Waals surface area contributed by atoms with E-state index in [2.05, 4.69) is 9.71 Å². The van der Waals surface area contributed by atoms with Gasteiger partial charge in [-0.2, -0.15) is 0 Å². The van der Waals surface area contributed by atoms with Crippen molar-refractivity contribution < 1.29 is 8.42 Å². The smallest absolute Gasteiger partial charge is 0.211 e. The highest BCUT2D eigenvalue weighted by atomic mass is 35.5. The normalized spacial score (nSPS) is 13.5. The molecule has 96 valence electrons. The molecule has 0 fully saturated rings. The maximum absolute atomic E-state index is 11.6. The summed E-state index contributed by atoms with van der Waals surface area (Å²) in [4.78, 5) is 3.97. The van der Waals surface area contributed by atoms with Gasteiger partial charge in [0.1, 0.15) is 0 Å². The minimum absolute atomic E-state index is 0.0347. The number of nitrogens with one attached hydrogen (secondary N) is 1. The van der Waals surface area contributed by atoms with Crippen molar-refractivity contribution in [2.45, 2.75) is 13.3 Å². The van der Waals surface area contributed by atoms with E-state index in [4.69, 9.17) is 11.6 Å². The standard InChI is InChI=1S/C11H17ClN2O2S/c1-10(7-12)9-17(15,16)14-6-4-11-3-2-5-13-8-11/h2-3,5,8,10,14H,4,6-7,9H2,1H3. The Labute approximate surface area is 107 Å². The third-order valence-electron chi connectivity index (χ3n) is 2.23. The van der Waals surface area contributed by atoms with Gasteiger partial charge < -0.3 is 0 Å². The topological polar surface area (TPSA) is 59.1 Å². The summed E-state index contributed by atoms with van der Waals surface area (Å²) in [5, 5.41) is 0. The van der Waals surface area contributed by atoms with Crippen molar-refractivity contribution in [3.05, 3.63) is 30.1 Å². The fourth-order valence-corrected chi connectivity index (χ4v) is 3.01. The van der Waals surface area contributed by atoms with E-state index in [9.17, 15) is 8.42 Å². The average molecular weight is 277 g/mol. The first-order valence-electron chi connectivity index (χ1n) is 5.45. The summed E-state index contributed by atoms with van der Waals surface area (Å²) in [5.74, 6) is 0.389. The van der Waals surface area contributed by atoms with Gasteiger partial charge in [0.25, 0.3) is 0 Å². The second-order valence-electron chi connectivity index (χ2n) is 4.05. The molecule has 0 spiro atoms. The molecule has 1 atom stereocenters. The lowest BCUT2D eigenvalue weighted by molar-refractivity contribution is 0.569. The number of pyridine rings is 1. The Kier molecular flexibility index (Phi) is 5.88. The van der Waals surface area contributed by atoms with Gasteiger partial charge in [-0.25, -0.2) is 13.1 Å². The Bertz CT molecular complexity index is 422. The van der Waals surface area contributed by atoms with Crippen LogP contribution in [0.5, 0.6) is 0 Å². The molecule has 1 aromatic heterocycles. The molecule has 17 heavy (non-hydrogen) atoms. The maximum Gasteiger partial charge on any atom is 0.211 e. The van der Waals surface area contributed by atoms with Crippen LogP contribution in [0, 0.1) is 5.92 Å². The minimum atomic E-state index is -3.22. The van der Waals surface area contributed by atoms with Gasteiger partial charge in [0, 0.05) is 24.8 Å². The highest BCUT2D eigenvalue weighted by Gasteiger charge is 2.14. The maximum atomic E-state index is 11.6. The van der Waals surface area contributed by atoms with Crippen LogP contribution in [-0.4, -0.2) is 31.6 Å². The van der Waals surface area contributed by atoms with Gasteiger partial charge >= 0.3 is 0 Å². The molecule has 0 aliphatic heterocycles. The van der Waals surface area contributed by atoms with Gasteiger partial charge in [-0.1, -0.05) is 13.0 Å². The first-order valence-corrected chi connectivity index (χ1v) is 7.64. The molecule has 0 aromatic carbocycles. The molecule has 1 unspecified atom stereocenters. The molecular weight excluding hydrogens is 260 g/mol. The van der Waals surface area contributed by atoms with E-state index in [1.54, 1.807) is 12.4 Å². The molecule has 1 N–H and O–H groups in total. The number of alkyl halides is 1. The molecule has 0 aliphatic carbocycles. The third kappa shape index (κ3) is 6.00. The van der Waals surface area contributed by atoms with Crippen molar-refractivity contribution in [1.82, 2.24) is 9.71 Å². The van der Waals surface area contributed by atoms with Crippen LogP contribution in [0.15, 0.2) is 24.5 Å². The van der Waals surface area contributed by atoms with E-state index in [0.29, 0.717) is 18.8 Å². The van der Waals surface area contributed by atoms with Crippen molar-refractivity contribution in [2.75, 3.05) is 18.2 Å². The highest BCUT2D eigenvalue weighted by molar-refractivity contribution is 7.89. The summed E-state index contributed by atoms with van der Waals surface area (Å²) in [6.07, 6.45) is 4.06. The lowest BCUT2D eigenvalue weighted by atomic mass is 10.2. The Morgan fingerprint density at radius 3 is 2.88 bits per heavy atom. The number of sulfonamides is 1. The van der Waals surface area contributed by atoms with Crippen molar-refractivity contribution >= 4 is 21.6 Å². The van der Waals surface area contributed by atoms with Gasteiger partial charge in [-0.05, 0) is 24.0 Å². The van der Waals surface area contributed by atoms with E-state index in [1.807, 2.05) is 19.1 Å². The predicted octanol–water partition coefficient (Wildman–Crippen LogP) is 1.42. The molecule has 0 saturated carbocycles. The molecule has 0 amide bonds. The summed E-state index contributed by atoms with van der Waals surface area (Å²) >= 11 is 5.59. The van der Waals surface area contributed by atoms with Crippen LogP contribution in [0.4, 0.5) is 0 Å². The van der Waals surface area contributed by atoms with Crippen LogP contribution in [-0.2, 0) is 16.4 Å². The molecule has 6 heteroatoms. The second kappa shape index (κ2) is 6.93. The van der Waals surface area contributed by atoms with Crippen LogP contribution in [0.2, 0.25) is 0 Å². The van der Waals surface area contributed by atoms with E-state index in [0.717, 1.165) is 5.56 Å². The van der Waals surface area contributed by atoms with Crippen LogP contribution < -0.4 is 4.72 Å². The fraction of sp³-hybridized carbons (Fsp3) is 0.545. The number of aromatic nitrogens is 1. The summed E-state index contributed by atoms with van der Waals surface area (Å²) in [5.41, 5.74) is 1.01. The molecule has 1 heterocycles. The van der Waals surface area contributed by atoms with Gasteiger partial charge in [0.05, 0.1) is 5.75 Å². The van der Waals surface area contributed by atoms with Crippen LogP contribution in [0.1, 0.15) is 12.5 Å². The Hall–Kier alpha value is -0.650. The third-order valence-corrected chi connectivity index (χ3v) is 4.40. The Morgan fingerprint density at radius 2 is 2.29 bits per heavy atom. The average Bonchev–Trinajstić information content (AvgIpc) is 2.29. The van der Waals surface area contributed by atoms with Crippen molar-refractivity contribution in [3.63, 3.8) is 0 Å². The zero-order valence-electron chi connectivity index (χ0n) is 9.77. The van der Waals surface area contributed by atoms with Crippen molar-refractivity contribution in [3.8, 4) is 0 Å². The SMILES string of the molecule is CC(CCl)CS(=O)(=O)NCCc1cccnc1. The van der Waals surface area contributed by atoms with Crippen molar-refractivity contribution in [1.29, 1.82) is 0 Å². The van der Waals surface area contributed by atoms with E-state index < -0.39 is 10.0 Å². The number of hydrogen-bond acceptors (Lipinski definition) is 3. The molecular formula is C11H17ClN2O2S. The summed E-state index contributed by atoms with van der Waals surface area (Å²) < 4.78 is 25.8. The number of rotatable bonds is 7. The number of nitrogens with zero attached hydrogens (tertiary/aromatic N) is 1. The number of halogens is 1. The Morgan fingerprint density at radius 1 is 1.53 bits per heavy atom. The lowest BCUT2D eigenvalue weighted by Gasteiger charge is -2.09. The first-order chi connectivity index (χ1) is 8.03. The molecule has 4 nitrogen and oxygen atoms in total. The van der Waals surface area contributed by atoms with Gasteiger partial charge in [0.2, 0.25) is 10.0 Å². The van der Waals surface area contributed by atoms with Crippen LogP contribution in [0.25, 0.3) is 0 Å². The first kappa shape index (κ1) is 14.4. The fourth-order valence-electron chi connectivity index (χ4n) is 1.37. The molecule has 1 rings (SSSR count). The van der Waals surface area contributed by atoms with Gasteiger partial charge in [-0.3, -0.25) is 4.98 Å². The zero-order chi connectivity index (χ0) is 12.7. The van der Waals surface area contributed by atoms with E-state index in [1.165, 1.54) is 0 Å². The zero-order valence-corrected chi connectivity index (χ0v) is 11.3. The summed E-state index contributed by atoms with van der Waals surface area (Å²) in [6.45, 7) is 2.20. The Balaban J connectivity index is 2.36. The van der Waals surface area contributed by atoms with E-state index >= 15 is 0 Å². The van der Waals surface area contributed by atoms with Crippen molar-refractivity contribution in [2.24, 2.45) is 5.92 Å². The molecule has 0 aliphatic rings. The highest BCUT2D eigenvalue weighted by Crippen LogP contribution is 2.02. The molecule has 0 saturated heterocycles. The van der Waals surface area contributed by atoms with E-state index in [-0.39, 0.29) is 11.7 Å². The summed E-state index contributed by atoms with van der Waals surface area (Å²) in [7, 11) is -3.22. The lowest BCUT2D eigenvalue weighted by Crippen LogP contribution is -2.31. The second-order valence-corrected chi connectivity index (χ2v) is 6.21. The molecule has 0 bridgehead atoms. The van der Waals surface area contributed by atoms with Crippen LogP contribution in [0.3, 0.4) is 0 Å². The predicted molar refractivity (Wildman–Crippen MR) is 69.6 cm³/mol. The molecule has 0 radical (unpaired) electrons. The van der Waals surface area contributed by atoms with Crippen LogP contribution >= 0.6 is 11.6 Å². The van der Waals surface area contributed by atoms with Gasteiger partial charge in [0.15, 0.2) is 0 Å². The summed E-state index contributed by atoms with van der Waals surface area (Å²) in [6, 6.07) is 3.75.